The second-order valence-electron chi connectivity index (χ2n) is 1.80. The molecule has 0 N–H and O–H groups in total. The second-order valence-corrected chi connectivity index (χ2v) is 1.80. The first-order valence-electron chi connectivity index (χ1n) is 2.27. The maximum atomic E-state index is 2.22. The maximum absolute atomic E-state index is 2.22. The summed E-state index contributed by atoms with van der Waals surface area (Å²) in [6, 6.07) is 0. The topological polar surface area (TPSA) is 0 Å². The molecule has 0 aliphatic heterocycles. The Kier molecular flexibility index (Phi) is 8.27. The minimum atomic E-state index is 0. The van der Waals surface area contributed by atoms with Crippen molar-refractivity contribution in [1.82, 2.24) is 0 Å². The number of hydrogen-bond acceptors (Lipinski definition) is 0. The molecule has 0 aromatic carbocycles. The second kappa shape index (κ2) is 5.22. The molecule has 0 rings (SSSR count). The molecule has 0 bridgehead atoms. The summed E-state index contributed by atoms with van der Waals surface area (Å²) in [5.41, 5.74) is 0. The van der Waals surface area contributed by atoms with Gasteiger partial charge in [0.25, 0.3) is 0 Å². The Hall–Kier alpha value is 0.217. The molecule has 0 atom stereocenters. The fraction of sp³-hybridized carbons (Fsp3) is 1.00. The highest BCUT2D eigenvalue weighted by molar-refractivity contribution is 5.75. The van der Waals surface area contributed by atoms with Crippen molar-refractivity contribution < 1.29 is 0 Å². The highest BCUT2D eigenvalue weighted by Gasteiger charge is 1.80. The monoisotopic (exact) mass is 104 g/mol. The molecule has 0 aliphatic carbocycles. The molecule has 0 aromatic rings. The van der Waals surface area contributed by atoms with Crippen molar-refractivity contribution in [3.05, 3.63) is 0 Å². The van der Waals surface area contributed by atoms with E-state index in [1.54, 1.807) is 0 Å². The zero-order chi connectivity index (χ0) is 4.28. The first-order valence-corrected chi connectivity index (χ1v) is 2.27. The molecule has 0 unspecified atom stereocenters. The molecule has 0 nitrogen and oxygen atoms in total. The van der Waals surface area contributed by atoms with E-state index >= 15 is 0 Å². The fourth-order valence-electron chi connectivity index (χ4n) is 0. The first kappa shape index (κ1) is 9.52. The van der Waals surface area contributed by atoms with Gasteiger partial charge in [0.15, 0.2) is 0 Å². The van der Waals surface area contributed by atoms with Crippen molar-refractivity contribution in [3.63, 3.8) is 0 Å². The molecular weight excluding hydrogens is 88.1 g/mol. The average Bonchev–Trinajstić information content (AvgIpc) is 1.38. The van der Waals surface area contributed by atoms with Crippen LogP contribution in [0.25, 0.3) is 0 Å². The van der Waals surface area contributed by atoms with Crippen LogP contribution in [0.3, 0.4) is 0 Å². The van der Waals surface area contributed by atoms with Crippen molar-refractivity contribution in [2.24, 2.45) is 5.92 Å². The molecule has 0 heterocycles. The van der Waals surface area contributed by atoms with Crippen LogP contribution in [0, 0.1) is 5.92 Å². The summed E-state index contributed by atoms with van der Waals surface area (Å²) < 4.78 is 0. The van der Waals surface area contributed by atoms with Gasteiger partial charge in [-0.3, -0.25) is 0 Å². The van der Waals surface area contributed by atoms with Crippen LogP contribution < -0.4 is 0 Å². The van der Waals surface area contributed by atoms with E-state index in [0.717, 1.165) is 5.92 Å². The van der Waals surface area contributed by atoms with Gasteiger partial charge in [-0.05, 0) is 16.9 Å². The largest absolute Gasteiger partial charge is 0.0651 e. The molecular formula is C5H16Si. The summed E-state index contributed by atoms with van der Waals surface area (Å²) in [5, 5.41) is 0. The highest BCUT2D eigenvalue weighted by Crippen LogP contribution is 1.93. The molecule has 0 radical (unpaired) electrons. The predicted molar refractivity (Wildman–Crippen MR) is 36.5 cm³/mol. The summed E-state index contributed by atoms with van der Waals surface area (Å²) in [6.45, 7) is 6.64. The minimum Gasteiger partial charge on any atom is -0.0651 e. The Bertz CT molecular complexity index is 17.9. The van der Waals surface area contributed by atoms with Crippen LogP contribution in [0.1, 0.15) is 27.2 Å². The number of hydrogen-bond donors (Lipinski definition) is 0. The standard InChI is InChI=1S/C5H12.H4Si/c1-4-5(2)3;/h5H,4H2,1-3H3;1H4. The van der Waals surface area contributed by atoms with Crippen molar-refractivity contribution >= 4 is 11.0 Å². The van der Waals surface area contributed by atoms with Gasteiger partial charge < -0.3 is 0 Å². The number of rotatable bonds is 1. The van der Waals surface area contributed by atoms with E-state index in [9.17, 15) is 0 Å². The van der Waals surface area contributed by atoms with E-state index < -0.39 is 0 Å². The molecule has 0 fully saturated rings. The van der Waals surface area contributed by atoms with Crippen LogP contribution >= 0.6 is 0 Å². The molecule has 6 heavy (non-hydrogen) atoms. The fourth-order valence-corrected chi connectivity index (χ4v) is 0. The van der Waals surface area contributed by atoms with Crippen molar-refractivity contribution in [2.75, 3.05) is 0 Å². The lowest BCUT2D eigenvalue weighted by Crippen LogP contribution is -1.77. The molecule has 1 heteroatoms. The van der Waals surface area contributed by atoms with Crippen molar-refractivity contribution in [1.29, 1.82) is 0 Å². The van der Waals surface area contributed by atoms with E-state index in [1.807, 2.05) is 0 Å². The Morgan fingerprint density at radius 2 is 1.50 bits per heavy atom. The average molecular weight is 104 g/mol. The van der Waals surface area contributed by atoms with E-state index in [1.165, 1.54) is 6.42 Å². The van der Waals surface area contributed by atoms with Gasteiger partial charge in [-0.25, -0.2) is 0 Å². The predicted octanol–water partition coefficient (Wildman–Crippen LogP) is 0.601. The zero-order valence-electron chi connectivity index (χ0n) is 4.28. The van der Waals surface area contributed by atoms with Gasteiger partial charge in [-0.2, -0.15) is 0 Å². The van der Waals surface area contributed by atoms with Crippen LogP contribution in [-0.4, -0.2) is 11.0 Å². The Morgan fingerprint density at radius 1 is 1.33 bits per heavy atom. The summed E-state index contributed by atoms with van der Waals surface area (Å²) in [7, 11) is 0. The van der Waals surface area contributed by atoms with Crippen LogP contribution in [-0.2, 0) is 0 Å². The zero-order valence-corrected chi connectivity index (χ0v) is 4.28. The highest BCUT2D eigenvalue weighted by atomic mass is 28.1. The van der Waals surface area contributed by atoms with Crippen LogP contribution in [0.5, 0.6) is 0 Å². The first-order chi connectivity index (χ1) is 2.27. The van der Waals surface area contributed by atoms with Gasteiger partial charge in [0, 0.05) is 0 Å². The van der Waals surface area contributed by atoms with Crippen molar-refractivity contribution in [2.45, 2.75) is 27.2 Å². The summed E-state index contributed by atoms with van der Waals surface area (Å²) in [4.78, 5) is 0. The van der Waals surface area contributed by atoms with Crippen LogP contribution in [0.15, 0.2) is 0 Å². The normalized spacial score (nSPS) is 8.00. The Balaban J connectivity index is 0. The molecule has 40 valence electrons. The van der Waals surface area contributed by atoms with Gasteiger partial charge in [0.1, 0.15) is 0 Å². The lowest BCUT2D eigenvalue weighted by molar-refractivity contribution is 0.626. The molecule has 0 saturated heterocycles. The van der Waals surface area contributed by atoms with Gasteiger partial charge in [0.05, 0.1) is 0 Å². The van der Waals surface area contributed by atoms with E-state index in [0.29, 0.717) is 0 Å². The Labute approximate surface area is 45.0 Å². The third kappa shape index (κ3) is 8.88. The third-order valence-corrected chi connectivity index (χ3v) is 0.816. The lowest BCUT2D eigenvalue weighted by atomic mass is 10.2. The third-order valence-electron chi connectivity index (χ3n) is 0.816. The lowest BCUT2D eigenvalue weighted by Gasteiger charge is -1.90. The summed E-state index contributed by atoms with van der Waals surface area (Å²) >= 11 is 0. The quantitative estimate of drug-likeness (QED) is 0.427. The SMILES string of the molecule is CCC(C)C.[SiH4]. The van der Waals surface area contributed by atoms with Crippen LogP contribution in [0.4, 0.5) is 0 Å². The molecule has 0 spiro atoms. The molecule has 0 amide bonds. The van der Waals surface area contributed by atoms with E-state index in [-0.39, 0.29) is 11.0 Å². The summed E-state index contributed by atoms with van der Waals surface area (Å²) in [5.74, 6) is 0.884. The van der Waals surface area contributed by atoms with E-state index in [2.05, 4.69) is 20.8 Å². The van der Waals surface area contributed by atoms with Gasteiger partial charge in [-0.1, -0.05) is 27.2 Å². The smallest absolute Gasteiger partial charge is 0.0149 e. The van der Waals surface area contributed by atoms with Gasteiger partial charge in [0.2, 0.25) is 0 Å². The molecule has 0 aromatic heterocycles. The summed E-state index contributed by atoms with van der Waals surface area (Å²) in [6.07, 6.45) is 1.31. The minimum absolute atomic E-state index is 0. The van der Waals surface area contributed by atoms with Crippen LogP contribution in [0.2, 0.25) is 0 Å². The Morgan fingerprint density at radius 3 is 1.50 bits per heavy atom. The molecule has 0 aliphatic rings. The van der Waals surface area contributed by atoms with Crippen molar-refractivity contribution in [3.8, 4) is 0 Å². The van der Waals surface area contributed by atoms with E-state index in [4.69, 9.17) is 0 Å². The molecule has 0 saturated carbocycles. The van der Waals surface area contributed by atoms with Gasteiger partial charge in [-0.15, -0.1) is 0 Å². The maximum Gasteiger partial charge on any atom is -0.0149 e. The van der Waals surface area contributed by atoms with Gasteiger partial charge >= 0.3 is 0 Å².